The highest BCUT2D eigenvalue weighted by atomic mass is 32.2. The van der Waals surface area contributed by atoms with Gasteiger partial charge in [0, 0.05) is 40.0 Å². The fourth-order valence-corrected chi connectivity index (χ4v) is 2.56. The van der Waals surface area contributed by atoms with Crippen molar-refractivity contribution in [2.75, 3.05) is 18.9 Å². The monoisotopic (exact) mass is 260 g/mol. The number of hydrogen-bond donors (Lipinski definition) is 1. The minimum Gasteiger partial charge on any atom is -0.486 e. The average Bonchev–Trinajstić information content (AvgIpc) is 2.41. The van der Waals surface area contributed by atoms with Crippen molar-refractivity contribution in [2.45, 2.75) is 9.79 Å². The molecule has 1 aromatic carbocycles. The van der Waals surface area contributed by atoms with Crippen molar-refractivity contribution in [3.05, 3.63) is 36.7 Å². The average molecular weight is 260 g/mol. The van der Waals surface area contributed by atoms with Crippen LogP contribution in [0.3, 0.4) is 0 Å². The maximum atomic E-state index is 6.02. The van der Waals surface area contributed by atoms with E-state index in [0.29, 0.717) is 18.9 Å². The van der Waals surface area contributed by atoms with Crippen molar-refractivity contribution in [1.29, 1.82) is 0 Å². The normalized spacial score (nSPS) is 13.3. The van der Waals surface area contributed by atoms with Gasteiger partial charge in [0.05, 0.1) is 0 Å². The van der Waals surface area contributed by atoms with Gasteiger partial charge in [0.1, 0.15) is 13.2 Å². The molecule has 2 aromatic rings. The molecule has 2 heterocycles. The number of nitrogen functional groups attached to an aromatic ring is 1. The van der Waals surface area contributed by atoms with Crippen molar-refractivity contribution < 1.29 is 9.47 Å². The molecular weight excluding hydrogens is 248 g/mol. The van der Waals surface area contributed by atoms with Crippen LogP contribution >= 0.6 is 11.8 Å². The molecule has 2 N–H and O–H groups in total. The molecule has 0 saturated heterocycles. The van der Waals surface area contributed by atoms with Gasteiger partial charge >= 0.3 is 0 Å². The first-order valence-electron chi connectivity index (χ1n) is 5.60. The van der Waals surface area contributed by atoms with E-state index in [1.807, 2.05) is 24.3 Å². The predicted octanol–water partition coefficient (Wildman–Crippen LogP) is 2.59. The van der Waals surface area contributed by atoms with E-state index in [1.165, 1.54) is 0 Å². The second-order valence-corrected chi connectivity index (χ2v) is 4.93. The van der Waals surface area contributed by atoms with Gasteiger partial charge in [0.25, 0.3) is 0 Å². The van der Waals surface area contributed by atoms with Crippen molar-refractivity contribution in [2.24, 2.45) is 0 Å². The third kappa shape index (κ3) is 2.22. The number of nitrogens with two attached hydrogens (primary N) is 1. The SMILES string of the molecule is Nc1cc2c(cc1Sc1ccncc1)OCCO2. The quantitative estimate of drug-likeness (QED) is 0.841. The molecular formula is C13H12N2O2S. The van der Waals surface area contributed by atoms with Crippen molar-refractivity contribution in [3.8, 4) is 11.5 Å². The maximum absolute atomic E-state index is 6.02. The van der Waals surface area contributed by atoms with Crippen LogP contribution in [0.1, 0.15) is 0 Å². The number of nitrogens with zero attached hydrogens (tertiary/aromatic N) is 1. The Balaban J connectivity index is 1.92. The molecule has 92 valence electrons. The largest absolute Gasteiger partial charge is 0.486 e. The molecule has 0 saturated carbocycles. The molecule has 5 heteroatoms. The van der Waals surface area contributed by atoms with Gasteiger partial charge in [-0.2, -0.15) is 0 Å². The Morgan fingerprint density at radius 2 is 1.72 bits per heavy atom. The van der Waals surface area contributed by atoms with E-state index in [2.05, 4.69) is 4.98 Å². The van der Waals surface area contributed by atoms with Gasteiger partial charge in [-0.25, -0.2) is 0 Å². The smallest absolute Gasteiger partial charge is 0.163 e. The Morgan fingerprint density at radius 1 is 1.06 bits per heavy atom. The summed E-state index contributed by atoms with van der Waals surface area (Å²) >= 11 is 1.59. The van der Waals surface area contributed by atoms with Gasteiger partial charge in [-0.3, -0.25) is 4.98 Å². The highest BCUT2D eigenvalue weighted by Gasteiger charge is 2.15. The van der Waals surface area contributed by atoms with E-state index in [9.17, 15) is 0 Å². The molecule has 3 rings (SSSR count). The molecule has 1 aromatic heterocycles. The Labute approximate surface area is 109 Å². The van der Waals surface area contributed by atoms with Crippen LogP contribution in [0.15, 0.2) is 46.5 Å². The molecule has 0 aliphatic carbocycles. The second kappa shape index (κ2) is 4.78. The molecule has 0 atom stereocenters. The van der Waals surface area contributed by atoms with E-state index < -0.39 is 0 Å². The first kappa shape index (κ1) is 11.2. The summed E-state index contributed by atoms with van der Waals surface area (Å²) < 4.78 is 11.0. The lowest BCUT2D eigenvalue weighted by molar-refractivity contribution is 0.171. The molecule has 0 fully saturated rings. The van der Waals surface area contributed by atoms with Crippen LogP contribution in [0.4, 0.5) is 5.69 Å². The lowest BCUT2D eigenvalue weighted by atomic mass is 10.2. The molecule has 0 radical (unpaired) electrons. The number of anilines is 1. The summed E-state index contributed by atoms with van der Waals surface area (Å²) in [5.41, 5.74) is 6.72. The number of pyridine rings is 1. The standard InChI is InChI=1S/C13H12N2O2S/c14-10-7-11-12(17-6-5-16-11)8-13(10)18-9-1-3-15-4-2-9/h1-4,7-8H,5-6,14H2. The highest BCUT2D eigenvalue weighted by Crippen LogP contribution is 2.40. The lowest BCUT2D eigenvalue weighted by Crippen LogP contribution is -2.15. The Morgan fingerprint density at radius 3 is 2.44 bits per heavy atom. The number of fused-ring (bicyclic) bond motifs is 1. The Kier molecular flexibility index (Phi) is 2.98. The maximum Gasteiger partial charge on any atom is 0.163 e. The summed E-state index contributed by atoms with van der Waals surface area (Å²) in [5, 5.41) is 0. The second-order valence-electron chi connectivity index (χ2n) is 3.82. The zero-order valence-electron chi connectivity index (χ0n) is 9.63. The van der Waals surface area contributed by atoms with Crippen molar-refractivity contribution >= 4 is 17.4 Å². The van der Waals surface area contributed by atoms with E-state index in [1.54, 1.807) is 24.2 Å². The molecule has 1 aliphatic rings. The first-order valence-corrected chi connectivity index (χ1v) is 6.41. The Bertz CT molecular complexity index is 560. The van der Waals surface area contributed by atoms with E-state index in [-0.39, 0.29) is 0 Å². The zero-order chi connectivity index (χ0) is 12.4. The first-order chi connectivity index (χ1) is 8.83. The van der Waals surface area contributed by atoms with E-state index in [4.69, 9.17) is 15.2 Å². The zero-order valence-corrected chi connectivity index (χ0v) is 10.4. The number of ether oxygens (including phenoxy) is 2. The van der Waals surface area contributed by atoms with Crippen LogP contribution in [0.2, 0.25) is 0 Å². The van der Waals surface area contributed by atoms with Gasteiger partial charge in [0.15, 0.2) is 11.5 Å². The van der Waals surface area contributed by atoms with Gasteiger partial charge < -0.3 is 15.2 Å². The molecule has 1 aliphatic heterocycles. The van der Waals surface area contributed by atoms with Crippen LogP contribution in [-0.4, -0.2) is 18.2 Å². The third-order valence-electron chi connectivity index (χ3n) is 2.55. The summed E-state index contributed by atoms with van der Waals surface area (Å²) in [6.45, 7) is 1.15. The molecule has 0 unspecified atom stereocenters. The van der Waals surface area contributed by atoms with Crippen LogP contribution < -0.4 is 15.2 Å². The minimum atomic E-state index is 0.573. The van der Waals surface area contributed by atoms with E-state index in [0.717, 1.165) is 21.3 Å². The summed E-state index contributed by atoms with van der Waals surface area (Å²) in [5.74, 6) is 1.48. The van der Waals surface area contributed by atoms with Crippen molar-refractivity contribution in [3.63, 3.8) is 0 Å². The van der Waals surface area contributed by atoms with Crippen LogP contribution in [-0.2, 0) is 0 Å². The van der Waals surface area contributed by atoms with E-state index >= 15 is 0 Å². The summed E-state index contributed by atoms with van der Waals surface area (Å²) in [4.78, 5) is 6.04. The topological polar surface area (TPSA) is 57.4 Å². The summed E-state index contributed by atoms with van der Waals surface area (Å²) in [6, 6.07) is 7.63. The van der Waals surface area contributed by atoms with Gasteiger partial charge in [-0.15, -0.1) is 0 Å². The van der Waals surface area contributed by atoms with Crippen molar-refractivity contribution in [1.82, 2.24) is 4.98 Å². The number of hydrogen-bond acceptors (Lipinski definition) is 5. The number of rotatable bonds is 2. The van der Waals surface area contributed by atoms with Crippen LogP contribution in [0.25, 0.3) is 0 Å². The molecule has 0 spiro atoms. The van der Waals surface area contributed by atoms with Crippen LogP contribution in [0, 0.1) is 0 Å². The molecule has 0 bridgehead atoms. The van der Waals surface area contributed by atoms with Gasteiger partial charge in [-0.05, 0) is 12.1 Å². The lowest BCUT2D eigenvalue weighted by Gasteiger charge is -2.19. The molecule has 0 amide bonds. The molecule has 4 nitrogen and oxygen atoms in total. The summed E-state index contributed by atoms with van der Waals surface area (Å²) in [7, 11) is 0. The van der Waals surface area contributed by atoms with Gasteiger partial charge in [-0.1, -0.05) is 11.8 Å². The Hall–Kier alpha value is -1.88. The minimum absolute atomic E-state index is 0.573. The highest BCUT2D eigenvalue weighted by molar-refractivity contribution is 7.99. The van der Waals surface area contributed by atoms with Crippen LogP contribution in [0.5, 0.6) is 11.5 Å². The predicted molar refractivity (Wildman–Crippen MR) is 70.2 cm³/mol. The fourth-order valence-electron chi connectivity index (χ4n) is 1.71. The molecule has 18 heavy (non-hydrogen) atoms. The third-order valence-corrected chi connectivity index (χ3v) is 3.63. The number of aromatic nitrogens is 1. The number of benzene rings is 1. The fraction of sp³-hybridized carbons (Fsp3) is 0.154. The summed E-state index contributed by atoms with van der Waals surface area (Å²) in [6.07, 6.45) is 3.52. The van der Waals surface area contributed by atoms with Gasteiger partial charge in [0.2, 0.25) is 0 Å².